The number of aromatic nitrogens is 1. The first-order valence-electron chi connectivity index (χ1n) is 8.36. The monoisotopic (exact) mass is 289 g/mol. The molecule has 3 atom stereocenters. The van der Waals surface area contributed by atoms with E-state index in [2.05, 4.69) is 24.0 Å². The number of ether oxygens (including phenoxy) is 1. The molecule has 2 fully saturated rings. The lowest BCUT2D eigenvalue weighted by Crippen LogP contribution is -2.53. The van der Waals surface area contributed by atoms with Gasteiger partial charge in [0.25, 0.3) is 0 Å². The number of morpholine rings is 1. The summed E-state index contributed by atoms with van der Waals surface area (Å²) in [5.41, 5.74) is 7.26. The number of rotatable bonds is 4. The summed E-state index contributed by atoms with van der Waals surface area (Å²) in [6.07, 6.45) is 9.37. The molecule has 116 valence electrons. The van der Waals surface area contributed by atoms with Gasteiger partial charge in [0, 0.05) is 18.8 Å². The fraction of sp³-hybridized carbons (Fsp3) is 0.706. The third-order valence-electron chi connectivity index (χ3n) is 4.86. The normalized spacial score (nSPS) is 27.2. The molecule has 1 aliphatic carbocycles. The van der Waals surface area contributed by atoms with E-state index in [9.17, 15) is 0 Å². The van der Waals surface area contributed by atoms with Gasteiger partial charge in [-0.2, -0.15) is 0 Å². The number of fused-ring (bicyclic) bond motifs is 1. The highest BCUT2D eigenvalue weighted by atomic mass is 16.5. The molecule has 4 nitrogen and oxygen atoms in total. The fourth-order valence-corrected chi connectivity index (χ4v) is 3.54. The Labute approximate surface area is 127 Å². The molecule has 1 saturated heterocycles. The predicted molar refractivity (Wildman–Crippen MR) is 85.5 cm³/mol. The third-order valence-corrected chi connectivity index (χ3v) is 4.86. The summed E-state index contributed by atoms with van der Waals surface area (Å²) in [7, 11) is 0. The van der Waals surface area contributed by atoms with Gasteiger partial charge in [-0.15, -0.1) is 0 Å². The Morgan fingerprint density at radius 3 is 3.00 bits per heavy atom. The fourth-order valence-electron chi connectivity index (χ4n) is 3.54. The summed E-state index contributed by atoms with van der Waals surface area (Å²) in [4.78, 5) is 7.15. The van der Waals surface area contributed by atoms with Crippen LogP contribution in [0, 0.1) is 0 Å². The second-order valence-electron chi connectivity index (χ2n) is 6.35. The quantitative estimate of drug-likeness (QED) is 0.925. The highest BCUT2D eigenvalue weighted by Crippen LogP contribution is 2.31. The second-order valence-corrected chi connectivity index (χ2v) is 6.35. The molecule has 0 radical (unpaired) electrons. The minimum Gasteiger partial charge on any atom is -0.374 e. The van der Waals surface area contributed by atoms with Crippen molar-refractivity contribution in [3.63, 3.8) is 0 Å². The van der Waals surface area contributed by atoms with E-state index in [1.807, 2.05) is 6.20 Å². The van der Waals surface area contributed by atoms with E-state index in [0.29, 0.717) is 12.1 Å². The second kappa shape index (κ2) is 6.75. The van der Waals surface area contributed by atoms with Crippen molar-refractivity contribution in [1.82, 2.24) is 4.98 Å². The molecule has 2 heterocycles. The Kier molecular flexibility index (Phi) is 4.76. The highest BCUT2D eigenvalue weighted by molar-refractivity contribution is 5.42. The zero-order chi connectivity index (χ0) is 14.7. The Morgan fingerprint density at radius 1 is 1.38 bits per heavy atom. The van der Waals surface area contributed by atoms with Crippen molar-refractivity contribution < 1.29 is 4.74 Å². The smallest absolute Gasteiger partial charge is 0.128 e. The van der Waals surface area contributed by atoms with Gasteiger partial charge in [-0.1, -0.05) is 25.8 Å². The van der Waals surface area contributed by atoms with Gasteiger partial charge in [-0.25, -0.2) is 4.98 Å². The van der Waals surface area contributed by atoms with Crippen molar-refractivity contribution in [2.45, 2.75) is 63.6 Å². The lowest BCUT2D eigenvalue weighted by Gasteiger charge is -2.44. The van der Waals surface area contributed by atoms with E-state index in [1.54, 1.807) is 0 Å². The molecule has 0 amide bonds. The maximum absolute atomic E-state index is 6.02. The highest BCUT2D eigenvalue weighted by Gasteiger charge is 2.34. The van der Waals surface area contributed by atoms with Crippen molar-refractivity contribution in [3.8, 4) is 0 Å². The SMILES string of the molecule is CCC(N)Cc1ccc(N2CCOC3CCCCC32)nc1. The van der Waals surface area contributed by atoms with Crippen LogP contribution in [0.2, 0.25) is 0 Å². The molecule has 2 N–H and O–H groups in total. The van der Waals surface area contributed by atoms with Gasteiger partial charge >= 0.3 is 0 Å². The lowest BCUT2D eigenvalue weighted by molar-refractivity contribution is -0.00898. The minimum absolute atomic E-state index is 0.240. The molecule has 1 aromatic rings. The van der Waals surface area contributed by atoms with Crippen LogP contribution < -0.4 is 10.6 Å². The molecule has 0 aromatic carbocycles. The number of hydrogen-bond acceptors (Lipinski definition) is 4. The Morgan fingerprint density at radius 2 is 2.24 bits per heavy atom. The van der Waals surface area contributed by atoms with Gasteiger partial charge in [0.05, 0.1) is 18.8 Å². The first-order valence-corrected chi connectivity index (χ1v) is 8.36. The molecule has 0 spiro atoms. The van der Waals surface area contributed by atoms with Crippen molar-refractivity contribution in [1.29, 1.82) is 0 Å². The van der Waals surface area contributed by atoms with Crippen molar-refractivity contribution >= 4 is 5.82 Å². The Hall–Kier alpha value is -1.13. The number of anilines is 1. The minimum atomic E-state index is 0.240. The predicted octanol–water partition coefficient (Wildman–Crippen LogP) is 2.51. The number of nitrogens with zero attached hydrogens (tertiary/aromatic N) is 2. The number of nitrogens with two attached hydrogens (primary N) is 1. The van der Waals surface area contributed by atoms with Crippen LogP contribution in [0.3, 0.4) is 0 Å². The molecular weight excluding hydrogens is 262 g/mol. The van der Waals surface area contributed by atoms with Crippen LogP contribution in [0.25, 0.3) is 0 Å². The van der Waals surface area contributed by atoms with E-state index in [0.717, 1.165) is 31.8 Å². The third kappa shape index (κ3) is 3.38. The molecular formula is C17H27N3O. The molecule has 0 bridgehead atoms. The molecule has 3 rings (SSSR count). The van der Waals surface area contributed by atoms with Gasteiger partial charge in [-0.05, 0) is 37.3 Å². The summed E-state index contributed by atoms with van der Waals surface area (Å²) in [6.45, 7) is 3.91. The first-order chi connectivity index (χ1) is 10.3. The average Bonchev–Trinajstić information content (AvgIpc) is 2.55. The zero-order valence-electron chi connectivity index (χ0n) is 13.0. The van der Waals surface area contributed by atoms with Gasteiger partial charge in [0.1, 0.15) is 5.82 Å². The average molecular weight is 289 g/mol. The lowest BCUT2D eigenvalue weighted by atomic mass is 9.90. The van der Waals surface area contributed by atoms with Gasteiger partial charge in [-0.3, -0.25) is 0 Å². The molecule has 1 aromatic heterocycles. The van der Waals surface area contributed by atoms with Crippen LogP contribution in [0.5, 0.6) is 0 Å². The topological polar surface area (TPSA) is 51.4 Å². The van der Waals surface area contributed by atoms with Crippen molar-refractivity contribution in [2.75, 3.05) is 18.1 Å². The number of hydrogen-bond donors (Lipinski definition) is 1. The molecule has 2 aliphatic rings. The summed E-state index contributed by atoms with van der Waals surface area (Å²) in [5, 5.41) is 0. The Balaban J connectivity index is 1.70. The van der Waals surface area contributed by atoms with Crippen molar-refractivity contribution in [2.24, 2.45) is 5.73 Å². The maximum Gasteiger partial charge on any atom is 0.128 e. The summed E-state index contributed by atoms with van der Waals surface area (Å²) >= 11 is 0. The van der Waals surface area contributed by atoms with E-state index >= 15 is 0 Å². The Bertz CT molecular complexity index is 446. The zero-order valence-corrected chi connectivity index (χ0v) is 13.0. The molecule has 3 unspecified atom stereocenters. The molecule has 21 heavy (non-hydrogen) atoms. The van der Waals surface area contributed by atoms with Crippen LogP contribution in [0.1, 0.15) is 44.6 Å². The van der Waals surface area contributed by atoms with Crippen LogP contribution in [0.4, 0.5) is 5.82 Å². The van der Waals surface area contributed by atoms with Crippen LogP contribution in [0.15, 0.2) is 18.3 Å². The van der Waals surface area contributed by atoms with E-state index in [-0.39, 0.29) is 6.04 Å². The molecule has 1 saturated carbocycles. The van der Waals surface area contributed by atoms with Crippen LogP contribution in [-0.4, -0.2) is 36.3 Å². The van der Waals surface area contributed by atoms with E-state index in [1.165, 1.54) is 31.2 Å². The van der Waals surface area contributed by atoms with Gasteiger partial charge in [0.15, 0.2) is 0 Å². The largest absolute Gasteiger partial charge is 0.374 e. The number of pyridine rings is 1. The summed E-state index contributed by atoms with van der Waals surface area (Å²) in [5.74, 6) is 1.10. The summed E-state index contributed by atoms with van der Waals surface area (Å²) in [6, 6.07) is 5.10. The van der Waals surface area contributed by atoms with E-state index in [4.69, 9.17) is 15.5 Å². The van der Waals surface area contributed by atoms with Gasteiger partial charge < -0.3 is 15.4 Å². The van der Waals surface area contributed by atoms with Crippen LogP contribution in [-0.2, 0) is 11.2 Å². The first kappa shape index (κ1) is 14.8. The molecule has 4 heteroatoms. The van der Waals surface area contributed by atoms with Crippen LogP contribution >= 0.6 is 0 Å². The standard InChI is InChI=1S/C17H27N3O/c1-2-14(18)11-13-7-8-17(19-12-13)20-9-10-21-16-6-4-3-5-15(16)20/h7-8,12,14-16H,2-6,9-11,18H2,1H3. The van der Waals surface area contributed by atoms with Crippen molar-refractivity contribution in [3.05, 3.63) is 23.9 Å². The van der Waals surface area contributed by atoms with E-state index < -0.39 is 0 Å². The summed E-state index contributed by atoms with van der Waals surface area (Å²) < 4.78 is 5.94. The van der Waals surface area contributed by atoms with Gasteiger partial charge in [0.2, 0.25) is 0 Å². The maximum atomic E-state index is 6.02. The molecule has 1 aliphatic heterocycles.